The standard InChI is InChI=1S/C21H18N4OS/c1-13(24-25-21(26)14-6-9-16(22)10-7-14)15-8-11-20-18(12-15)23-17-4-2-3-5-19(17)27-20/h2-12,23H,22H2,1H3,(H,25,26)/b24-13+. The number of rotatable bonds is 3. The van der Waals surface area contributed by atoms with Gasteiger partial charge in [-0.2, -0.15) is 5.10 Å². The summed E-state index contributed by atoms with van der Waals surface area (Å²) in [6.45, 7) is 1.87. The Morgan fingerprint density at radius 3 is 2.48 bits per heavy atom. The van der Waals surface area contributed by atoms with Gasteiger partial charge in [-0.25, -0.2) is 5.43 Å². The Balaban J connectivity index is 1.51. The molecular weight excluding hydrogens is 356 g/mol. The second kappa shape index (κ2) is 7.17. The molecule has 0 atom stereocenters. The number of hydrogen-bond acceptors (Lipinski definition) is 5. The average Bonchev–Trinajstić information content (AvgIpc) is 2.70. The normalized spacial score (nSPS) is 12.6. The van der Waals surface area contributed by atoms with E-state index < -0.39 is 0 Å². The maximum atomic E-state index is 12.2. The predicted octanol–water partition coefficient (Wildman–Crippen LogP) is 4.63. The minimum Gasteiger partial charge on any atom is -0.399 e. The smallest absolute Gasteiger partial charge is 0.271 e. The summed E-state index contributed by atoms with van der Waals surface area (Å²) in [7, 11) is 0. The number of hydrogen-bond donors (Lipinski definition) is 3. The SMILES string of the molecule is C/C(=N\NC(=O)c1ccc(N)cc1)c1ccc2c(c1)Nc1ccccc1S2. The topological polar surface area (TPSA) is 79.5 Å². The first-order valence-electron chi connectivity index (χ1n) is 8.49. The summed E-state index contributed by atoms with van der Waals surface area (Å²) >= 11 is 1.74. The van der Waals surface area contributed by atoms with Crippen LogP contribution >= 0.6 is 11.8 Å². The van der Waals surface area contributed by atoms with Crippen molar-refractivity contribution < 1.29 is 4.79 Å². The van der Waals surface area contributed by atoms with Crippen molar-refractivity contribution in [2.45, 2.75) is 16.7 Å². The van der Waals surface area contributed by atoms with Crippen LogP contribution < -0.4 is 16.5 Å². The molecule has 0 spiro atoms. The lowest BCUT2D eigenvalue weighted by atomic mass is 10.1. The highest BCUT2D eigenvalue weighted by molar-refractivity contribution is 7.99. The van der Waals surface area contributed by atoms with Gasteiger partial charge >= 0.3 is 0 Å². The highest BCUT2D eigenvalue weighted by Gasteiger charge is 2.16. The number of nitrogens with two attached hydrogens (primary N) is 1. The summed E-state index contributed by atoms with van der Waals surface area (Å²) < 4.78 is 0. The summed E-state index contributed by atoms with van der Waals surface area (Å²) in [5, 5.41) is 7.69. The number of nitrogens with one attached hydrogen (secondary N) is 2. The van der Waals surface area contributed by atoms with E-state index in [2.05, 4.69) is 34.0 Å². The zero-order chi connectivity index (χ0) is 18.8. The number of anilines is 3. The van der Waals surface area contributed by atoms with Gasteiger partial charge in [0.1, 0.15) is 0 Å². The van der Waals surface area contributed by atoms with Gasteiger partial charge in [0.15, 0.2) is 0 Å². The third-order valence-electron chi connectivity index (χ3n) is 4.27. The number of carbonyl (C=O) groups excluding carboxylic acids is 1. The second-order valence-electron chi connectivity index (χ2n) is 6.19. The zero-order valence-corrected chi connectivity index (χ0v) is 15.5. The summed E-state index contributed by atoms with van der Waals surface area (Å²) in [6, 6.07) is 21.1. The molecule has 0 aliphatic carbocycles. The molecule has 0 unspecified atom stereocenters. The van der Waals surface area contributed by atoms with Crippen LogP contribution in [0.5, 0.6) is 0 Å². The lowest BCUT2D eigenvalue weighted by Gasteiger charge is -2.21. The molecule has 4 N–H and O–H groups in total. The monoisotopic (exact) mass is 374 g/mol. The molecule has 0 fully saturated rings. The number of nitrogens with zero attached hydrogens (tertiary/aromatic N) is 1. The van der Waals surface area contributed by atoms with Gasteiger partial charge in [0, 0.05) is 21.0 Å². The van der Waals surface area contributed by atoms with Gasteiger partial charge in [-0.15, -0.1) is 0 Å². The second-order valence-corrected chi connectivity index (χ2v) is 7.28. The molecular formula is C21H18N4OS. The fourth-order valence-electron chi connectivity index (χ4n) is 2.76. The van der Waals surface area contributed by atoms with Gasteiger partial charge in [0.25, 0.3) is 5.91 Å². The van der Waals surface area contributed by atoms with E-state index in [1.807, 2.05) is 31.2 Å². The largest absolute Gasteiger partial charge is 0.399 e. The van der Waals surface area contributed by atoms with Crippen LogP contribution in [-0.2, 0) is 0 Å². The molecule has 3 aromatic carbocycles. The Bertz CT molecular complexity index is 1040. The van der Waals surface area contributed by atoms with E-state index in [1.54, 1.807) is 36.0 Å². The first-order valence-corrected chi connectivity index (χ1v) is 9.30. The van der Waals surface area contributed by atoms with E-state index in [0.717, 1.165) is 27.5 Å². The highest BCUT2D eigenvalue weighted by atomic mass is 32.2. The van der Waals surface area contributed by atoms with Gasteiger partial charge in [-0.3, -0.25) is 4.79 Å². The molecule has 0 saturated carbocycles. The molecule has 27 heavy (non-hydrogen) atoms. The van der Waals surface area contributed by atoms with Crippen molar-refractivity contribution in [1.29, 1.82) is 0 Å². The Kier molecular flexibility index (Phi) is 4.56. The van der Waals surface area contributed by atoms with Crippen LogP contribution in [0.2, 0.25) is 0 Å². The van der Waals surface area contributed by atoms with Crippen LogP contribution in [0.1, 0.15) is 22.8 Å². The van der Waals surface area contributed by atoms with Gasteiger partial charge < -0.3 is 11.1 Å². The summed E-state index contributed by atoms with van der Waals surface area (Å²) in [5.41, 5.74) is 13.2. The Labute approximate surface area is 161 Å². The fourth-order valence-corrected chi connectivity index (χ4v) is 3.73. The first-order chi connectivity index (χ1) is 13.1. The predicted molar refractivity (Wildman–Crippen MR) is 111 cm³/mol. The van der Waals surface area contributed by atoms with E-state index in [9.17, 15) is 4.79 Å². The summed E-state index contributed by atoms with van der Waals surface area (Å²) in [5.74, 6) is -0.269. The quantitative estimate of drug-likeness (QED) is 0.277. The third-order valence-corrected chi connectivity index (χ3v) is 5.42. The number of nitrogen functional groups attached to an aromatic ring is 1. The molecule has 0 aromatic heterocycles. The van der Waals surface area contributed by atoms with Crippen LogP contribution in [0.4, 0.5) is 17.1 Å². The number of fused-ring (bicyclic) bond motifs is 2. The lowest BCUT2D eigenvalue weighted by Crippen LogP contribution is -2.19. The molecule has 1 aliphatic heterocycles. The number of para-hydroxylation sites is 1. The van der Waals surface area contributed by atoms with Gasteiger partial charge in [-0.05, 0) is 61.0 Å². The van der Waals surface area contributed by atoms with Crippen LogP contribution in [0.25, 0.3) is 0 Å². The molecule has 134 valence electrons. The van der Waals surface area contributed by atoms with E-state index in [0.29, 0.717) is 11.3 Å². The number of amides is 1. The summed E-state index contributed by atoms with van der Waals surface area (Å²) in [6.07, 6.45) is 0. The number of hydrazone groups is 1. The van der Waals surface area contributed by atoms with E-state index in [-0.39, 0.29) is 5.91 Å². The van der Waals surface area contributed by atoms with E-state index >= 15 is 0 Å². The highest BCUT2D eigenvalue weighted by Crippen LogP contribution is 2.44. The molecule has 0 bridgehead atoms. The van der Waals surface area contributed by atoms with Crippen LogP contribution in [0.3, 0.4) is 0 Å². The first kappa shape index (κ1) is 17.2. The molecule has 1 aliphatic rings. The van der Waals surface area contributed by atoms with E-state index in [4.69, 9.17) is 5.73 Å². The molecule has 6 heteroatoms. The van der Waals surface area contributed by atoms with Crippen molar-refractivity contribution in [2.24, 2.45) is 5.10 Å². The summed E-state index contributed by atoms with van der Waals surface area (Å²) in [4.78, 5) is 14.6. The minimum atomic E-state index is -0.269. The molecule has 1 amide bonds. The lowest BCUT2D eigenvalue weighted by molar-refractivity contribution is 0.0955. The Morgan fingerprint density at radius 2 is 1.67 bits per heavy atom. The molecule has 3 aromatic rings. The average molecular weight is 374 g/mol. The van der Waals surface area contributed by atoms with Crippen LogP contribution in [-0.4, -0.2) is 11.6 Å². The van der Waals surface area contributed by atoms with Crippen LogP contribution in [0, 0.1) is 0 Å². The van der Waals surface area contributed by atoms with Crippen molar-refractivity contribution in [2.75, 3.05) is 11.1 Å². The van der Waals surface area contributed by atoms with Gasteiger partial charge in [-0.1, -0.05) is 30.0 Å². The van der Waals surface area contributed by atoms with Crippen molar-refractivity contribution >= 4 is 40.4 Å². The van der Waals surface area contributed by atoms with E-state index in [1.165, 1.54) is 4.90 Å². The van der Waals surface area contributed by atoms with Gasteiger partial charge in [0.2, 0.25) is 0 Å². The number of carbonyl (C=O) groups is 1. The van der Waals surface area contributed by atoms with Crippen molar-refractivity contribution in [3.63, 3.8) is 0 Å². The fraction of sp³-hybridized carbons (Fsp3) is 0.0476. The Hall–Kier alpha value is -3.25. The Morgan fingerprint density at radius 1 is 0.963 bits per heavy atom. The number of benzene rings is 3. The van der Waals surface area contributed by atoms with Gasteiger partial charge in [0.05, 0.1) is 17.1 Å². The maximum absolute atomic E-state index is 12.2. The zero-order valence-electron chi connectivity index (χ0n) is 14.7. The van der Waals surface area contributed by atoms with Crippen molar-refractivity contribution in [3.8, 4) is 0 Å². The molecule has 1 heterocycles. The molecule has 0 saturated heterocycles. The van der Waals surface area contributed by atoms with Crippen molar-refractivity contribution in [1.82, 2.24) is 5.43 Å². The molecule has 5 nitrogen and oxygen atoms in total. The molecule has 4 rings (SSSR count). The third kappa shape index (κ3) is 3.66. The van der Waals surface area contributed by atoms with Crippen molar-refractivity contribution in [3.05, 3.63) is 77.9 Å². The maximum Gasteiger partial charge on any atom is 0.271 e. The van der Waals surface area contributed by atoms with Crippen LogP contribution in [0.15, 0.2) is 81.6 Å². The molecule has 0 radical (unpaired) electrons. The minimum absolute atomic E-state index is 0.269.